The van der Waals surface area contributed by atoms with Crippen LogP contribution >= 0.6 is 0 Å². The summed E-state index contributed by atoms with van der Waals surface area (Å²) in [5.41, 5.74) is 3.98. The van der Waals surface area contributed by atoms with Crippen LogP contribution in [0.2, 0.25) is 0 Å². The zero-order valence-electron chi connectivity index (χ0n) is 14.1. The number of nitrogens with one attached hydrogen (secondary N) is 1. The van der Waals surface area contributed by atoms with Gasteiger partial charge in [-0.05, 0) is 25.1 Å². The Morgan fingerprint density at radius 3 is 2.41 bits per heavy atom. The number of aromatic nitrogens is 3. The Balaban J connectivity index is 2.46. The van der Waals surface area contributed by atoms with Crippen LogP contribution in [-0.2, 0) is 12.0 Å². The highest BCUT2D eigenvalue weighted by atomic mass is 19.4. The lowest BCUT2D eigenvalue weighted by atomic mass is 10.1. The fraction of sp³-hybridized carbons (Fsp3) is 0.250. The number of anilines is 2. The van der Waals surface area contributed by atoms with Crippen molar-refractivity contribution in [1.29, 1.82) is 0 Å². The fourth-order valence-electron chi connectivity index (χ4n) is 2.71. The molecule has 0 bridgehead atoms. The molecule has 0 aliphatic carbocycles. The molecular weight excluding hydrogens is 370 g/mol. The van der Waals surface area contributed by atoms with Crippen molar-refractivity contribution in [3.05, 3.63) is 41.7 Å². The van der Waals surface area contributed by atoms with Crippen molar-refractivity contribution in [3.63, 3.8) is 0 Å². The molecule has 7 nitrogen and oxygen atoms in total. The van der Waals surface area contributed by atoms with E-state index < -0.39 is 29.3 Å². The molecule has 1 aromatic carbocycles. The predicted molar refractivity (Wildman–Crippen MR) is 89.1 cm³/mol. The second-order valence-electron chi connectivity index (χ2n) is 5.96. The Morgan fingerprint density at radius 2 is 1.89 bits per heavy atom. The van der Waals surface area contributed by atoms with Crippen molar-refractivity contribution in [3.8, 4) is 11.3 Å². The lowest BCUT2D eigenvalue weighted by Crippen LogP contribution is -2.26. The summed E-state index contributed by atoms with van der Waals surface area (Å²) in [5, 5.41) is 22.6. The molecule has 5 N–H and O–H groups in total. The molecule has 27 heavy (non-hydrogen) atoms. The number of fused-ring (bicyclic) bond motifs is 1. The standard InChI is InChI=1S/C16H15F4N5O2/c1-15(26,27)14-24-11(8-4-3-7(22-2)5-9(8)17)12-13(21)23-6-10(25(12)14)16(18,19)20/h3-6,22,26-27H,1-2H3,(H2,21,23). The lowest BCUT2D eigenvalue weighted by Gasteiger charge is -2.17. The monoisotopic (exact) mass is 385 g/mol. The van der Waals surface area contributed by atoms with E-state index in [2.05, 4.69) is 15.3 Å². The second-order valence-corrected chi connectivity index (χ2v) is 5.96. The van der Waals surface area contributed by atoms with E-state index in [-0.39, 0.29) is 22.6 Å². The van der Waals surface area contributed by atoms with Crippen molar-refractivity contribution in [2.75, 3.05) is 18.1 Å². The molecule has 0 aliphatic heterocycles. The molecule has 144 valence electrons. The van der Waals surface area contributed by atoms with Gasteiger partial charge in [0, 0.05) is 18.3 Å². The van der Waals surface area contributed by atoms with Crippen LogP contribution in [0.15, 0.2) is 24.4 Å². The highest BCUT2D eigenvalue weighted by Crippen LogP contribution is 2.38. The minimum atomic E-state index is -4.90. The van der Waals surface area contributed by atoms with Crippen molar-refractivity contribution in [2.45, 2.75) is 18.9 Å². The quantitative estimate of drug-likeness (QED) is 0.407. The zero-order valence-corrected chi connectivity index (χ0v) is 14.1. The highest BCUT2D eigenvalue weighted by molar-refractivity contribution is 5.86. The van der Waals surface area contributed by atoms with Crippen molar-refractivity contribution in [2.24, 2.45) is 0 Å². The van der Waals surface area contributed by atoms with Crippen LogP contribution in [0.4, 0.5) is 29.1 Å². The number of aliphatic hydroxyl groups is 2. The molecule has 2 aromatic heterocycles. The maximum atomic E-state index is 14.5. The summed E-state index contributed by atoms with van der Waals surface area (Å²) in [5.74, 6) is -4.69. The van der Waals surface area contributed by atoms with Crippen LogP contribution in [-0.4, -0.2) is 31.6 Å². The molecule has 0 saturated carbocycles. The third-order valence-electron chi connectivity index (χ3n) is 3.91. The Hall–Kier alpha value is -2.92. The number of imidazole rings is 1. The number of nitrogens with two attached hydrogens (primary N) is 1. The van der Waals surface area contributed by atoms with Gasteiger partial charge < -0.3 is 21.3 Å². The average molecular weight is 385 g/mol. The number of alkyl halides is 3. The summed E-state index contributed by atoms with van der Waals surface area (Å²) in [6, 6.07) is 3.89. The summed E-state index contributed by atoms with van der Waals surface area (Å²) >= 11 is 0. The van der Waals surface area contributed by atoms with E-state index in [1.165, 1.54) is 12.1 Å². The molecule has 0 atom stereocenters. The molecule has 11 heteroatoms. The van der Waals surface area contributed by atoms with E-state index in [0.717, 1.165) is 13.0 Å². The van der Waals surface area contributed by atoms with Crippen LogP contribution in [0.3, 0.4) is 0 Å². The number of benzene rings is 1. The van der Waals surface area contributed by atoms with Gasteiger partial charge in [-0.15, -0.1) is 0 Å². The van der Waals surface area contributed by atoms with E-state index in [0.29, 0.717) is 16.3 Å². The minimum Gasteiger partial charge on any atom is -0.388 e. The first-order chi connectivity index (χ1) is 12.4. The topological polar surface area (TPSA) is 109 Å². The highest BCUT2D eigenvalue weighted by Gasteiger charge is 2.39. The maximum Gasteiger partial charge on any atom is 0.433 e. The van der Waals surface area contributed by atoms with E-state index in [4.69, 9.17) is 5.73 Å². The van der Waals surface area contributed by atoms with Crippen LogP contribution in [0, 0.1) is 5.82 Å². The van der Waals surface area contributed by atoms with Gasteiger partial charge in [-0.1, -0.05) is 0 Å². The number of halogens is 4. The number of nitrogens with zero attached hydrogens (tertiary/aromatic N) is 3. The zero-order chi connectivity index (χ0) is 20.1. The SMILES string of the molecule is CNc1ccc(-c2nc(C(C)(O)O)n3c(C(F)(F)F)cnc(N)c23)c(F)c1. The molecule has 0 radical (unpaired) electrons. The lowest BCUT2D eigenvalue weighted by molar-refractivity contribution is -0.163. The van der Waals surface area contributed by atoms with Gasteiger partial charge in [0.1, 0.15) is 28.5 Å². The number of rotatable bonds is 3. The number of hydrogen-bond acceptors (Lipinski definition) is 6. The summed E-state index contributed by atoms with van der Waals surface area (Å²) < 4.78 is 55.3. The second kappa shape index (κ2) is 6.06. The van der Waals surface area contributed by atoms with Crippen molar-refractivity contribution in [1.82, 2.24) is 14.4 Å². The van der Waals surface area contributed by atoms with Gasteiger partial charge in [0.25, 0.3) is 0 Å². The van der Waals surface area contributed by atoms with Gasteiger partial charge in [-0.3, -0.25) is 4.40 Å². The van der Waals surface area contributed by atoms with E-state index in [9.17, 15) is 27.8 Å². The third-order valence-corrected chi connectivity index (χ3v) is 3.91. The van der Waals surface area contributed by atoms with Crippen molar-refractivity contribution >= 4 is 17.0 Å². The fourth-order valence-corrected chi connectivity index (χ4v) is 2.71. The van der Waals surface area contributed by atoms with Crippen molar-refractivity contribution < 1.29 is 27.8 Å². The maximum absolute atomic E-state index is 14.5. The molecule has 0 unspecified atom stereocenters. The van der Waals surface area contributed by atoms with E-state index in [1.54, 1.807) is 7.05 Å². The van der Waals surface area contributed by atoms with Gasteiger partial charge in [0.05, 0.1) is 6.20 Å². The van der Waals surface area contributed by atoms with Gasteiger partial charge in [-0.2, -0.15) is 13.2 Å². The molecule has 3 aromatic rings. The molecular formula is C16H15F4N5O2. The average Bonchev–Trinajstić information content (AvgIpc) is 2.95. The van der Waals surface area contributed by atoms with Gasteiger partial charge in [0.15, 0.2) is 5.82 Å². The van der Waals surface area contributed by atoms with Crippen LogP contribution in [0.5, 0.6) is 0 Å². The smallest absolute Gasteiger partial charge is 0.388 e. The summed E-state index contributed by atoms with van der Waals surface area (Å²) in [4.78, 5) is 7.38. The normalized spacial score (nSPS) is 12.6. The molecule has 3 rings (SSSR count). The molecule has 0 fully saturated rings. The third kappa shape index (κ3) is 3.15. The number of hydrogen-bond donors (Lipinski definition) is 4. The Kier molecular flexibility index (Phi) is 4.23. The number of nitrogen functional groups attached to an aromatic ring is 1. The Bertz CT molecular complexity index is 1020. The predicted octanol–water partition coefficient (Wildman–Crippen LogP) is 2.34. The summed E-state index contributed by atoms with van der Waals surface area (Å²) in [6.07, 6.45) is -4.45. The molecule has 2 heterocycles. The van der Waals surface area contributed by atoms with Crippen LogP contribution in [0.1, 0.15) is 18.4 Å². The van der Waals surface area contributed by atoms with Gasteiger partial charge in [0.2, 0.25) is 5.79 Å². The molecule has 0 saturated heterocycles. The van der Waals surface area contributed by atoms with Crippen LogP contribution < -0.4 is 11.1 Å². The largest absolute Gasteiger partial charge is 0.433 e. The van der Waals surface area contributed by atoms with E-state index >= 15 is 0 Å². The summed E-state index contributed by atoms with van der Waals surface area (Å²) in [6.45, 7) is 0.836. The Labute approximate surface area is 150 Å². The minimum absolute atomic E-state index is 0.171. The van der Waals surface area contributed by atoms with Gasteiger partial charge >= 0.3 is 6.18 Å². The Morgan fingerprint density at radius 1 is 1.22 bits per heavy atom. The molecule has 0 spiro atoms. The first-order valence-electron chi connectivity index (χ1n) is 7.62. The first-order valence-corrected chi connectivity index (χ1v) is 7.62. The van der Waals surface area contributed by atoms with Gasteiger partial charge in [-0.25, -0.2) is 14.4 Å². The van der Waals surface area contributed by atoms with E-state index in [1.807, 2.05) is 0 Å². The summed E-state index contributed by atoms with van der Waals surface area (Å²) in [7, 11) is 1.57. The first kappa shape index (κ1) is 18.9. The molecule has 0 aliphatic rings. The van der Waals surface area contributed by atoms with Crippen LogP contribution in [0.25, 0.3) is 16.8 Å². The molecule has 0 amide bonds.